The van der Waals surface area contributed by atoms with Crippen LogP contribution >= 0.6 is 0 Å². The summed E-state index contributed by atoms with van der Waals surface area (Å²) in [5, 5.41) is 1.09. The number of carbonyl (C=O) groups is 1. The van der Waals surface area contributed by atoms with Gasteiger partial charge in [-0.1, -0.05) is 18.2 Å². The molecule has 0 bridgehead atoms. The zero-order valence-electron chi connectivity index (χ0n) is 10.2. The maximum atomic E-state index is 11.8. The first kappa shape index (κ1) is 11.2. The van der Waals surface area contributed by atoms with Crippen LogP contribution in [0.1, 0.15) is 5.56 Å². The van der Waals surface area contributed by atoms with E-state index in [2.05, 4.69) is 4.98 Å². The fourth-order valence-electron chi connectivity index (χ4n) is 2.06. The highest BCUT2D eigenvalue weighted by atomic mass is 16.6. The van der Waals surface area contributed by atoms with Crippen LogP contribution in [0.3, 0.4) is 0 Å². The van der Waals surface area contributed by atoms with Crippen LogP contribution in [-0.4, -0.2) is 35.5 Å². The summed E-state index contributed by atoms with van der Waals surface area (Å²) in [5.74, 6) is 0.0518. The van der Waals surface area contributed by atoms with Gasteiger partial charge in [-0.05, 0) is 17.7 Å². The molecule has 0 saturated carbocycles. The molecule has 92 valence electrons. The zero-order valence-corrected chi connectivity index (χ0v) is 10.2. The number of carbonyl (C=O) groups excluding carboxylic acids is 1. The van der Waals surface area contributed by atoms with Crippen LogP contribution in [0.5, 0.6) is 0 Å². The van der Waals surface area contributed by atoms with Gasteiger partial charge >= 0.3 is 0 Å². The molecule has 0 aliphatic carbocycles. The lowest BCUT2D eigenvalue weighted by Crippen LogP contribution is -2.30. The van der Waals surface area contributed by atoms with Gasteiger partial charge in [-0.25, -0.2) is 0 Å². The van der Waals surface area contributed by atoms with E-state index in [1.165, 1.54) is 0 Å². The van der Waals surface area contributed by atoms with Crippen LogP contribution < -0.4 is 0 Å². The Balaban J connectivity index is 1.87. The predicted molar refractivity (Wildman–Crippen MR) is 68.0 cm³/mol. The van der Waals surface area contributed by atoms with E-state index in [1.807, 2.05) is 30.3 Å². The van der Waals surface area contributed by atoms with Crippen LogP contribution in [-0.2, 0) is 16.1 Å². The Morgan fingerprint density at radius 2 is 2.22 bits per heavy atom. The molecule has 18 heavy (non-hydrogen) atoms. The first-order valence-corrected chi connectivity index (χ1v) is 5.95. The number of ether oxygens (including phenoxy) is 1. The smallest absolute Gasteiger partial charge is 0.254 e. The molecule has 1 atom stereocenters. The average molecular weight is 242 g/mol. The second kappa shape index (κ2) is 4.38. The Bertz CT molecular complexity index is 588. The molecule has 1 saturated heterocycles. The number of hydrogen-bond donors (Lipinski definition) is 0. The van der Waals surface area contributed by atoms with Crippen molar-refractivity contribution in [1.82, 2.24) is 9.88 Å². The zero-order chi connectivity index (χ0) is 12.5. The van der Waals surface area contributed by atoms with Gasteiger partial charge in [0.05, 0.1) is 12.1 Å². The minimum absolute atomic E-state index is 0.0518. The van der Waals surface area contributed by atoms with Gasteiger partial charge < -0.3 is 9.64 Å². The Hall–Kier alpha value is -1.94. The normalized spacial score (nSPS) is 17.7. The average Bonchev–Trinajstić information content (AvgIpc) is 3.22. The monoisotopic (exact) mass is 242 g/mol. The number of likely N-dealkylation sites (N-methyl/N-ethyl adjacent to an activating group) is 1. The van der Waals surface area contributed by atoms with E-state index < -0.39 is 0 Å². The Morgan fingerprint density at radius 3 is 3.00 bits per heavy atom. The van der Waals surface area contributed by atoms with Gasteiger partial charge in [0.2, 0.25) is 0 Å². The summed E-state index contributed by atoms with van der Waals surface area (Å²) in [6.07, 6.45) is 1.56. The van der Waals surface area contributed by atoms with Crippen LogP contribution in [0.25, 0.3) is 10.9 Å². The number of epoxide rings is 1. The SMILES string of the molecule is CN(Cc1ccnc2ccccc12)C(=O)C1CO1. The van der Waals surface area contributed by atoms with Crippen LogP contribution in [0.15, 0.2) is 36.5 Å². The largest absolute Gasteiger partial charge is 0.363 e. The maximum Gasteiger partial charge on any atom is 0.254 e. The number of pyridine rings is 1. The lowest BCUT2D eigenvalue weighted by Gasteiger charge is -2.17. The molecule has 0 N–H and O–H groups in total. The topological polar surface area (TPSA) is 45.7 Å². The van der Waals surface area contributed by atoms with E-state index >= 15 is 0 Å². The van der Waals surface area contributed by atoms with E-state index in [-0.39, 0.29) is 12.0 Å². The lowest BCUT2D eigenvalue weighted by atomic mass is 10.1. The number of hydrogen-bond acceptors (Lipinski definition) is 3. The molecule has 4 nitrogen and oxygen atoms in total. The van der Waals surface area contributed by atoms with Crippen molar-refractivity contribution in [3.63, 3.8) is 0 Å². The van der Waals surface area contributed by atoms with Crippen LogP contribution in [0.2, 0.25) is 0 Å². The van der Waals surface area contributed by atoms with E-state index in [1.54, 1.807) is 18.1 Å². The quantitative estimate of drug-likeness (QED) is 0.768. The number of amides is 1. The van der Waals surface area contributed by atoms with Crippen molar-refractivity contribution in [2.24, 2.45) is 0 Å². The molecule has 1 aromatic heterocycles. The van der Waals surface area contributed by atoms with Gasteiger partial charge in [-0.15, -0.1) is 0 Å². The molecule has 1 aliphatic rings. The molecule has 1 fully saturated rings. The first-order chi connectivity index (χ1) is 8.75. The number of rotatable bonds is 3. The molecule has 2 heterocycles. The van der Waals surface area contributed by atoms with Crippen molar-refractivity contribution in [3.8, 4) is 0 Å². The van der Waals surface area contributed by atoms with Gasteiger partial charge in [0.25, 0.3) is 5.91 Å². The van der Waals surface area contributed by atoms with Crippen LogP contribution in [0, 0.1) is 0 Å². The highest BCUT2D eigenvalue weighted by Crippen LogP contribution is 2.19. The minimum Gasteiger partial charge on any atom is -0.363 e. The predicted octanol–water partition coefficient (Wildman–Crippen LogP) is 1.59. The molecule has 1 amide bonds. The van der Waals surface area contributed by atoms with Crippen molar-refractivity contribution in [1.29, 1.82) is 0 Å². The second-order valence-corrected chi connectivity index (χ2v) is 4.50. The molecule has 0 spiro atoms. The lowest BCUT2D eigenvalue weighted by molar-refractivity contribution is -0.131. The van der Waals surface area contributed by atoms with Gasteiger partial charge in [0.1, 0.15) is 0 Å². The Morgan fingerprint density at radius 1 is 1.44 bits per heavy atom. The number of nitrogens with zero attached hydrogens (tertiary/aromatic N) is 2. The van der Waals surface area contributed by atoms with Gasteiger partial charge in [0, 0.05) is 25.2 Å². The molecular weight excluding hydrogens is 228 g/mol. The summed E-state index contributed by atoms with van der Waals surface area (Å²) < 4.78 is 5.01. The van der Waals surface area contributed by atoms with Crippen molar-refractivity contribution < 1.29 is 9.53 Å². The number of fused-ring (bicyclic) bond motifs is 1. The molecule has 4 heteroatoms. The third kappa shape index (κ3) is 2.07. The summed E-state index contributed by atoms with van der Waals surface area (Å²) in [4.78, 5) is 17.9. The molecule has 1 aliphatic heterocycles. The van der Waals surface area contributed by atoms with E-state index in [9.17, 15) is 4.79 Å². The molecule has 1 unspecified atom stereocenters. The molecule has 0 radical (unpaired) electrons. The molecule has 3 rings (SSSR count). The minimum atomic E-state index is -0.219. The van der Waals surface area contributed by atoms with Crippen molar-refractivity contribution in [2.45, 2.75) is 12.6 Å². The van der Waals surface area contributed by atoms with Crippen molar-refractivity contribution in [2.75, 3.05) is 13.7 Å². The summed E-state index contributed by atoms with van der Waals surface area (Å²) >= 11 is 0. The molecule has 1 aromatic carbocycles. The standard InChI is InChI=1S/C14H14N2O2/c1-16(14(17)13-9-18-13)8-10-6-7-15-12-5-3-2-4-11(10)12/h2-7,13H,8-9H2,1H3. The third-order valence-electron chi connectivity index (χ3n) is 3.13. The highest BCUT2D eigenvalue weighted by molar-refractivity contribution is 5.85. The summed E-state index contributed by atoms with van der Waals surface area (Å²) in [6, 6.07) is 9.92. The molecular formula is C14H14N2O2. The van der Waals surface area contributed by atoms with Gasteiger partial charge in [0.15, 0.2) is 6.10 Å². The van der Waals surface area contributed by atoms with E-state index in [0.717, 1.165) is 16.5 Å². The number of benzene rings is 1. The van der Waals surface area contributed by atoms with E-state index in [4.69, 9.17) is 4.74 Å². The Labute approximate surface area is 105 Å². The van der Waals surface area contributed by atoms with Gasteiger partial charge in [-0.3, -0.25) is 9.78 Å². The van der Waals surface area contributed by atoms with Crippen molar-refractivity contribution in [3.05, 3.63) is 42.1 Å². The first-order valence-electron chi connectivity index (χ1n) is 5.95. The number of para-hydroxylation sites is 1. The second-order valence-electron chi connectivity index (χ2n) is 4.50. The summed E-state index contributed by atoms with van der Waals surface area (Å²) in [7, 11) is 1.80. The number of aromatic nitrogens is 1. The van der Waals surface area contributed by atoms with E-state index in [0.29, 0.717) is 13.2 Å². The van der Waals surface area contributed by atoms with Crippen molar-refractivity contribution >= 4 is 16.8 Å². The fourth-order valence-corrected chi connectivity index (χ4v) is 2.06. The summed E-state index contributed by atoms with van der Waals surface area (Å²) in [6.45, 7) is 1.14. The van der Waals surface area contributed by atoms with Gasteiger partial charge in [-0.2, -0.15) is 0 Å². The van der Waals surface area contributed by atoms with Crippen LogP contribution in [0.4, 0.5) is 0 Å². The molecule has 2 aromatic rings. The fraction of sp³-hybridized carbons (Fsp3) is 0.286. The Kier molecular flexibility index (Phi) is 2.72. The maximum absolute atomic E-state index is 11.8. The summed E-state index contributed by atoms with van der Waals surface area (Å²) in [5.41, 5.74) is 2.07. The highest BCUT2D eigenvalue weighted by Gasteiger charge is 2.33. The third-order valence-corrected chi connectivity index (χ3v) is 3.13.